The number of hydrogen-bond acceptors (Lipinski definition) is 7. The first-order valence-electron chi connectivity index (χ1n) is 9.89. The highest BCUT2D eigenvalue weighted by Gasteiger charge is 2.18. The van der Waals surface area contributed by atoms with Crippen molar-refractivity contribution in [1.29, 1.82) is 0 Å². The van der Waals surface area contributed by atoms with E-state index >= 15 is 0 Å². The van der Waals surface area contributed by atoms with Gasteiger partial charge in [0.05, 0.1) is 13.2 Å². The van der Waals surface area contributed by atoms with Crippen molar-refractivity contribution in [3.05, 3.63) is 29.8 Å². The average Bonchev–Trinajstić information content (AvgIpc) is 2.77. The summed E-state index contributed by atoms with van der Waals surface area (Å²) in [5, 5.41) is 3.15. The molecule has 0 bridgehead atoms. The molecule has 2 unspecified atom stereocenters. The van der Waals surface area contributed by atoms with E-state index in [2.05, 4.69) is 12.0 Å². The van der Waals surface area contributed by atoms with Crippen LogP contribution in [0.5, 0.6) is 5.75 Å². The minimum absolute atomic E-state index is 0.252. The van der Waals surface area contributed by atoms with Gasteiger partial charge in [-0.1, -0.05) is 32.9 Å². The Kier molecular flexibility index (Phi) is 16.8. The van der Waals surface area contributed by atoms with Gasteiger partial charge >= 0.3 is 0 Å². The number of hydrogen-bond donors (Lipinski definition) is 1. The Morgan fingerprint density at radius 1 is 1.03 bits per heavy atom. The molecule has 0 saturated carbocycles. The number of methoxy groups -OCH3 is 2. The van der Waals surface area contributed by atoms with Gasteiger partial charge in [-0.15, -0.1) is 0 Å². The molecule has 0 aliphatic carbocycles. The zero-order valence-corrected chi connectivity index (χ0v) is 20.5. The van der Waals surface area contributed by atoms with E-state index in [0.717, 1.165) is 11.3 Å². The topological polar surface area (TPSA) is 67.4 Å². The molecule has 1 N–H and O–H groups in total. The number of nitrogens with one attached hydrogen (secondary N) is 1. The summed E-state index contributed by atoms with van der Waals surface area (Å²) in [6.45, 7) is 8.28. The summed E-state index contributed by atoms with van der Waals surface area (Å²) < 4.78 is 32.7. The lowest BCUT2D eigenvalue weighted by Crippen LogP contribution is -2.22. The Hall–Kier alpha value is -0.570. The van der Waals surface area contributed by atoms with Crippen molar-refractivity contribution >= 4 is 18.4 Å². The smallest absolute Gasteiger partial charge is 0.261 e. The zero-order chi connectivity index (χ0) is 22.1. The summed E-state index contributed by atoms with van der Waals surface area (Å²) in [7, 11) is 4.76. The molecule has 1 aromatic rings. The third kappa shape index (κ3) is 12.0. The summed E-state index contributed by atoms with van der Waals surface area (Å²) in [5.74, 6) is 1.01. The lowest BCUT2D eigenvalue weighted by molar-refractivity contribution is -0.106. The van der Waals surface area contributed by atoms with E-state index in [1.165, 1.54) is 0 Å². The average molecular weight is 452 g/mol. The zero-order valence-electron chi connectivity index (χ0n) is 18.8. The molecule has 0 aliphatic heterocycles. The summed E-state index contributed by atoms with van der Waals surface area (Å²) >= 11 is 5.47. The second-order valence-corrected chi connectivity index (χ2v) is 9.25. The molecule has 29 heavy (non-hydrogen) atoms. The van der Waals surface area contributed by atoms with Crippen LogP contribution in [0, 0.1) is 5.92 Å². The van der Waals surface area contributed by atoms with Gasteiger partial charge in [0.2, 0.25) is 0 Å². The Morgan fingerprint density at radius 3 is 2.17 bits per heavy atom. The molecule has 2 atom stereocenters. The molecular formula is C20H38NO6PS. The molecule has 0 aliphatic rings. The van der Waals surface area contributed by atoms with Crippen molar-refractivity contribution in [2.24, 2.45) is 5.92 Å². The van der Waals surface area contributed by atoms with Gasteiger partial charge in [0, 0.05) is 46.0 Å². The molecule has 9 heteroatoms. The van der Waals surface area contributed by atoms with Gasteiger partial charge in [-0.3, -0.25) is 0 Å². The molecule has 0 aromatic heterocycles. The van der Waals surface area contributed by atoms with E-state index in [-0.39, 0.29) is 12.2 Å². The van der Waals surface area contributed by atoms with Gasteiger partial charge < -0.3 is 28.0 Å². The summed E-state index contributed by atoms with van der Waals surface area (Å²) in [5.41, 5.74) is 0.926. The fourth-order valence-electron chi connectivity index (χ4n) is 2.20. The first-order chi connectivity index (χ1) is 14.0. The van der Waals surface area contributed by atoms with Crippen molar-refractivity contribution < 1.29 is 28.0 Å². The number of benzene rings is 1. The van der Waals surface area contributed by atoms with Crippen LogP contribution in [0.1, 0.15) is 39.5 Å². The quantitative estimate of drug-likeness (QED) is 0.237. The molecule has 0 amide bonds. The maximum atomic E-state index is 5.79. The van der Waals surface area contributed by atoms with Crippen molar-refractivity contribution in [1.82, 2.24) is 5.09 Å². The monoisotopic (exact) mass is 451 g/mol. The van der Waals surface area contributed by atoms with Crippen LogP contribution in [0.25, 0.3) is 0 Å². The van der Waals surface area contributed by atoms with Crippen molar-refractivity contribution in [3.8, 4) is 5.75 Å². The normalized spacial score (nSPS) is 14.1. The largest absolute Gasteiger partial charge is 0.492 e. The molecule has 0 heterocycles. The first-order valence-corrected chi connectivity index (χ1v) is 12.5. The summed E-state index contributed by atoms with van der Waals surface area (Å²) in [4.78, 5) is 0. The van der Waals surface area contributed by atoms with Gasteiger partial charge in [-0.25, -0.2) is 5.09 Å². The molecule has 0 fully saturated rings. The van der Waals surface area contributed by atoms with Gasteiger partial charge in [0.15, 0.2) is 6.29 Å². The summed E-state index contributed by atoms with van der Waals surface area (Å²) in [6, 6.07) is 7.56. The van der Waals surface area contributed by atoms with Crippen LogP contribution in [-0.2, 0) is 35.1 Å². The molecule has 0 spiro atoms. The van der Waals surface area contributed by atoms with Crippen LogP contribution in [0.4, 0.5) is 0 Å². The summed E-state index contributed by atoms with van der Waals surface area (Å²) in [6.07, 6.45) is -0.379. The molecule has 1 aromatic carbocycles. The highest BCUT2D eigenvalue weighted by atomic mass is 32.5. The van der Waals surface area contributed by atoms with Gasteiger partial charge in [-0.2, -0.15) is 0 Å². The Labute approximate surface area is 181 Å². The van der Waals surface area contributed by atoms with Crippen molar-refractivity contribution in [2.45, 2.75) is 34.0 Å². The van der Waals surface area contributed by atoms with Crippen LogP contribution in [-0.4, -0.2) is 54.3 Å². The number of rotatable bonds is 15. The molecule has 1 rings (SSSR count). The van der Waals surface area contributed by atoms with Crippen molar-refractivity contribution in [2.75, 3.05) is 54.3 Å². The highest BCUT2D eigenvalue weighted by molar-refractivity contribution is 8.08. The van der Waals surface area contributed by atoms with E-state index in [9.17, 15) is 0 Å². The maximum Gasteiger partial charge on any atom is 0.261 e. The van der Waals surface area contributed by atoms with E-state index < -0.39 is 6.64 Å². The third-order valence-electron chi connectivity index (χ3n) is 3.63. The van der Waals surface area contributed by atoms with E-state index in [1.54, 1.807) is 21.3 Å². The minimum Gasteiger partial charge on any atom is -0.492 e. The Morgan fingerprint density at radius 2 is 1.66 bits per heavy atom. The van der Waals surface area contributed by atoms with E-state index in [1.807, 2.05) is 45.0 Å². The first kappa shape index (κ1) is 28.4. The second kappa shape index (κ2) is 17.1. The van der Waals surface area contributed by atoms with E-state index in [4.69, 9.17) is 39.8 Å². The van der Waals surface area contributed by atoms with E-state index in [0.29, 0.717) is 33.0 Å². The SMILES string of the molecule is CC.CCOCC(C)COP(=S)(NCCOc1ccc(C(OC)OC)cc1)OC. The van der Waals surface area contributed by atoms with Gasteiger partial charge in [-0.05, 0) is 30.9 Å². The highest BCUT2D eigenvalue weighted by Crippen LogP contribution is 2.43. The minimum atomic E-state index is -2.52. The Balaban J connectivity index is 0.00000379. The molecule has 0 radical (unpaired) electrons. The van der Waals surface area contributed by atoms with Crippen LogP contribution in [0.15, 0.2) is 24.3 Å². The third-order valence-corrected chi connectivity index (χ3v) is 6.36. The number of ether oxygens (including phenoxy) is 4. The second-order valence-electron chi connectivity index (χ2n) is 5.87. The van der Waals surface area contributed by atoms with Crippen molar-refractivity contribution in [3.63, 3.8) is 0 Å². The lowest BCUT2D eigenvalue weighted by Gasteiger charge is -2.23. The Bertz CT molecular complexity index is 556. The van der Waals surface area contributed by atoms with Gasteiger partial charge in [0.25, 0.3) is 6.64 Å². The van der Waals surface area contributed by atoms with Crippen LogP contribution in [0.2, 0.25) is 0 Å². The molecular weight excluding hydrogens is 413 g/mol. The molecule has 0 saturated heterocycles. The van der Waals surface area contributed by atoms with Crippen LogP contribution < -0.4 is 9.82 Å². The fourth-order valence-corrected chi connectivity index (χ4v) is 3.79. The maximum absolute atomic E-state index is 5.79. The van der Waals surface area contributed by atoms with Gasteiger partial charge in [0.1, 0.15) is 12.4 Å². The predicted octanol–water partition coefficient (Wildman–Crippen LogP) is 4.53. The molecule has 170 valence electrons. The fraction of sp³-hybridized carbons (Fsp3) is 0.700. The van der Waals surface area contributed by atoms with Crippen LogP contribution in [0.3, 0.4) is 0 Å². The predicted molar refractivity (Wildman–Crippen MR) is 121 cm³/mol. The van der Waals surface area contributed by atoms with Crippen LogP contribution >= 0.6 is 6.64 Å². The lowest BCUT2D eigenvalue weighted by atomic mass is 10.2. The molecule has 7 nitrogen and oxygen atoms in total. The standard InChI is InChI=1S/C18H32NO6PS.C2H6/c1-6-23-13-15(2)14-25-26(27,22-5)19-11-12-24-17-9-7-16(8-10-17)18(20-3)21-4;1-2/h7-10,15,18H,6,11-14H2,1-5H3,(H,19,27);1-2H3.